The molecular formula is C13H6O6. The molecule has 0 aromatic carbocycles. The number of carbonyl (C=O) groups excluding carboxylic acids is 4. The van der Waals surface area contributed by atoms with Crippen LogP contribution in [0.3, 0.4) is 0 Å². The van der Waals surface area contributed by atoms with Gasteiger partial charge in [-0.25, -0.2) is 9.59 Å². The van der Waals surface area contributed by atoms with E-state index >= 15 is 0 Å². The highest BCUT2D eigenvalue weighted by Gasteiger charge is 2.90. The minimum Gasteiger partial charge on any atom is -0.392 e. The molecule has 0 aromatic rings. The first-order valence-corrected chi connectivity index (χ1v) is 6.01. The Kier molecular flexibility index (Phi) is 1.16. The van der Waals surface area contributed by atoms with Crippen LogP contribution in [0, 0.1) is 22.7 Å². The van der Waals surface area contributed by atoms with Crippen molar-refractivity contribution in [3.05, 3.63) is 23.3 Å². The summed E-state index contributed by atoms with van der Waals surface area (Å²) in [6.07, 6.45) is 3.48. The molecule has 19 heavy (non-hydrogen) atoms. The predicted molar refractivity (Wildman–Crippen MR) is 54.8 cm³/mol. The van der Waals surface area contributed by atoms with Crippen LogP contribution in [-0.2, 0) is 28.7 Å². The van der Waals surface area contributed by atoms with E-state index in [1.807, 2.05) is 0 Å². The van der Waals surface area contributed by atoms with E-state index in [0.717, 1.165) is 0 Å². The third-order valence-electron chi connectivity index (χ3n) is 5.21. The fourth-order valence-corrected chi connectivity index (χ4v) is 4.36. The second kappa shape index (κ2) is 2.29. The Balaban J connectivity index is 1.90. The van der Waals surface area contributed by atoms with Crippen LogP contribution >= 0.6 is 0 Å². The molecule has 2 heterocycles. The van der Waals surface area contributed by atoms with E-state index in [4.69, 9.17) is 4.74 Å². The Morgan fingerprint density at radius 3 is 1.95 bits per heavy atom. The maximum atomic E-state index is 12.0. The van der Waals surface area contributed by atoms with Gasteiger partial charge in [-0.05, 0) is 6.42 Å². The van der Waals surface area contributed by atoms with Crippen molar-refractivity contribution < 1.29 is 28.7 Å². The summed E-state index contributed by atoms with van der Waals surface area (Å²) >= 11 is 0. The van der Waals surface area contributed by atoms with Crippen molar-refractivity contribution in [2.24, 2.45) is 22.7 Å². The zero-order chi connectivity index (χ0) is 13.2. The first kappa shape index (κ1) is 9.66. The molecule has 5 aliphatic rings. The van der Waals surface area contributed by atoms with E-state index in [1.54, 1.807) is 0 Å². The molecule has 3 aliphatic carbocycles. The molecule has 0 aromatic heterocycles. The van der Waals surface area contributed by atoms with Gasteiger partial charge >= 0.3 is 23.9 Å². The van der Waals surface area contributed by atoms with Crippen molar-refractivity contribution in [1.29, 1.82) is 0 Å². The number of hydrogen-bond donors (Lipinski definition) is 0. The number of rotatable bonds is 0. The largest absolute Gasteiger partial charge is 0.392 e. The van der Waals surface area contributed by atoms with Crippen LogP contribution in [0.2, 0.25) is 0 Å². The molecule has 2 spiro atoms. The summed E-state index contributed by atoms with van der Waals surface area (Å²) in [6.45, 7) is 0. The third kappa shape index (κ3) is 0.670. The van der Waals surface area contributed by atoms with Gasteiger partial charge in [-0.3, -0.25) is 9.59 Å². The van der Waals surface area contributed by atoms with Gasteiger partial charge in [-0.15, -0.1) is 0 Å². The van der Waals surface area contributed by atoms with Crippen LogP contribution in [-0.4, -0.2) is 23.9 Å². The van der Waals surface area contributed by atoms with Crippen molar-refractivity contribution in [2.45, 2.75) is 6.42 Å². The number of esters is 4. The first-order valence-electron chi connectivity index (χ1n) is 6.01. The number of hydrogen-bond acceptors (Lipinski definition) is 6. The lowest BCUT2D eigenvalue weighted by Crippen LogP contribution is -2.37. The van der Waals surface area contributed by atoms with Gasteiger partial charge in [0.1, 0.15) is 10.8 Å². The van der Waals surface area contributed by atoms with Crippen LogP contribution in [0.1, 0.15) is 6.42 Å². The Morgan fingerprint density at radius 2 is 1.42 bits per heavy atom. The molecule has 2 bridgehead atoms. The van der Waals surface area contributed by atoms with E-state index in [2.05, 4.69) is 4.74 Å². The lowest BCUT2D eigenvalue weighted by atomic mass is 9.75. The van der Waals surface area contributed by atoms with E-state index in [1.165, 1.54) is 12.2 Å². The van der Waals surface area contributed by atoms with Crippen molar-refractivity contribution in [3.8, 4) is 0 Å². The number of cyclic esters (lactones) is 4. The zero-order valence-electron chi connectivity index (χ0n) is 9.47. The van der Waals surface area contributed by atoms with E-state index in [9.17, 15) is 19.2 Å². The molecule has 2 saturated heterocycles. The molecule has 1 saturated carbocycles. The van der Waals surface area contributed by atoms with Crippen LogP contribution in [0.25, 0.3) is 0 Å². The van der Waals surface area contributed by atoms with Gasteiger partial charge in [-0.2, -0.15) is 0 Å². The standard InChI is InChI=1S/C13H6O6/c14-8-5-2-12-7-1-4(5)6(9(15)18-8)3-13(7,12)11(17)19-10(12)16/h2-4,7H,1H2. The third-order valence-corrected chi connectivity index (χ3v) is 5.21. The molecule has 0 N–H and O–H groups in total. The first-order chi connectivity index (χ1) is 9.02. The summed E-state index contributed by atoms with van der Waals surface area (Å²) < 4.78 is 9.36. The lowest BCUT2D eigenvalue weighted by Gasteiger charge is -2.31. The van der Waals surface area contributed by atoms with Gasteiger partial charge in [0.25, 0.3) is 0 Å². The summed E-state index contributed by atoms with van der Waals surface area (Å²) in [5, 5.41) is 0. The van der Waals surface area contributed by atoms with Gasteiger partial charge in [0.05, 0.1) is 0 Å². The van der Waals surface area contributed by atoms with E-state index < -0.39 is 34.7 Å². The van der Waals surface area contributed by atoms with Crippen LogP contribution in [0.5, 0.6) is 0 Å². The summed E-state index contributed by atoms with van der Waals surface area (Å²) in [4.78, 5) is 47.5. The molecule has 5 rings (SSSR count). The smallest absolute Gasteiger partial charge is 0.342 e. The quantitative estimate of drug-likeness (QED) is 0.435. The summed E-state index contributed by atoms with van der Waals surface area (Å²) in [7, 11) is 0. The van der Waals surface area contributed by atoms with Gasteiger partial charge in [-0.1, -0.05) is 12.2 Å². The normalized spacial score (nSPS) is 48.0. The van der Waals surface area contributed by atoms with Crippen molar-refractivity contribution in [3.63, 3.8) is 0 Å². The number of carbonyl (C=O) groups is 4. The monoisotopic (exact) mass is 258 g/mol. The summed E-state index contributed by atoms with van der Waals surface area (Å²) in [5.74, 6) is -3.16. The number of ether oxygens (including phenoxy) is 2. The van der Waals surface area contributed by atoms with Crippen molar-refractivity contribution in [2.75, 3.05) is 0 Å². The Morgan fingerprint density at radius 1 is 0.895 bits per heavy atom. The van der Waals surface area contributed by atoms with Crippen LogP contribution in [0.15, 0.2) is 23.3 Å². The van der Waals surface area contributed by atoms with Crippen molar-refractivity contribution >= 4 is 23.9 Å². The highest BCUT2D eigenvalue weighted by atomic mass is 16.6. The van der Waals surface area contributed by atoms with E-state index in [0.29, 0.717) is 17.6 Å². The molecule has 6 heteroatoms. The molecule has 2 atom stereocenters. The Bertz CT molecular complexity index is 657. The molecule has 6 nitrogen and oxygen atoms in total. The minimum absolute atomic E-state index is 0.176. The lowest BCUT2D eigenvalue weighted by molar-refractivity contribution is -0.159. The van der Waals surface area contributed by atoms with Crippen LogP contribution < -0.4 is 0 Å². The molecule has 94 valence electrons. The Labute approximate surface area is 106 Å². The van der Waals surface area contributed by atoms with Gasteiger partial charge in [0, 0.05) is 23.0 Å². The summed E-state index contributed by atoms with van der Waals surface area (Å²) in [6, 6.07) is 0. The highest BCUT2D eigenvalue weighted by Crippen LogP contribution is 2.81. The Hall–Kier alpha value is -2.24. The maximum Gasteiger partial charge on any atom is 0.342 e. The highest BCUT2D eigenvalue weighted by molar-refractivity contribution is 6.16. The maximum absolute atomic E-state index is 12.0. The topological polar surface area (TPSA) is 86.7 Å². The summed E-state index contributed by atoms with van der Waals surface area (Å²) in [5.41, 5.74) is -1.51. The fraction of sp³-hybridized carbons (Fsp3) is 0.385. The van der Waals surface area contributed by atoms with Crippen molar-refractivity contribution in [1.82, 2.24) is 0 Å². The molecule has 0 amide bonds. The molecule has 3 fully saturated rings. The predicted octanol–water partition coefficient (Wildman–Crippen LogP) is -0.358. The minimum atomic E-state index is -1.07. The van der Waals surface area contributed by atoms with E-state index in [-0.39, 0.29) is 11.8 Å². The zero-order valence-corrected chi connectivity index (χ0v) is 9.47. The molecule has 2 unspecified atom stereocenters. The SMILES string of the molecule is O=C1OC(=O)C2=CC34C(=O)OC(=O)C35C=C1C2CC54. The van der Waals surface area contributed by atoms with Gasteiger partial charge < -0.3 is 9.47 Å². The average molecular weight is 258 g/mol. The molecule has 0 radical (unpaired) electrons. The molecular weight excluding hydrogens is 252 g/mol. The van der Waals surface area contributed by atoms with Gasteiger partial charge in [0.2, 0.25) is 0 Å². The van der Waals surface area contributed by atoms with Gasteiger partial charge in [0.15, 0.2) is 0 Å². The average Bonchev–Trinajstić information content (AvgIpc) is 2.96. The molecule has 2 aliphatic heterocycles. The second-order valence-corrected chi connectivity index (χ2v) is 5.63. The fourth-order valence-electron chi connectivity index (χ4n) is 4.36. The van der Waals surface area contributed by atoms with Crippen LogP contribution in [0.4, 0.5) is 0 Å². The second-order valence-electron chi connectivity index (χ2n) is 5.63.